The molecule has 1 aromatic carbocycles. The van der Waals surface area contributed by atoms with Crippen molar-refractivity contribution < 1.29 is 18.4 Å². The van der Waals surface area contributed by atoms with E-state index < -0.39 is 23.3 Å². The first-order chi connectivity index (χ1) is 8.45. The number of anilines is 1. The van der Waals surface area contributed by atoms with Crippen molar-refractivity contribution in [1.82, 2.24) is 0 Å². The lowest BCUT2D eigenvalue weighted by atomic mass is 10.1. The minimum absolute atomic E-state index is 0.0617. The van der Waals surface area contributed by atoms with Gasteiger partial charge in [0.1, 0.15) is 0 Å². The molecule has 0 bridgehead atoms. The van der Waals surface area contributed by atoms with E-state index in [2.05, 4.69) is 0 Å². The molecule has 0 atom stereocenters. The summed E-state index contributed by atoms with van der Waals surface area (Å²) < 4.78 is 26.2. The molecule has 0 radical (unpaired) electrons. The minimum Gasteiger partial charge on any atom is -0.301 e. The Bertz CT molecular complexity index is 584. The van der Waals surface area contributed by atoms with Gasteiger partial charge < -0.3 is 4.90 Å². The van der Waals surface area contributed by atoms with Crippen molar-refractivity contribution in [3.05, 3.63) is 40.4 Å². The number of fused-ring (bicyclic) bond motifs is 1. The maximum Gasteiger partial charge on any atom is 0.299 e. The van der Waals surface area contributed by atoms with Crippen molar-refractivity contribution >= 4 is 29.0 Å². The molecule has 3 nitrogen and oxygen atoms in total. The molecule has 1 heterocycles. The quantitative estimate of drug-likeness (QED) is 0.776. The molecule has 2 rings (SSSR count). The van der Waals surface area contributed by atoms with Crippen LogP contribution in [0.4, 0.5) is 14.5 Å². The van der Waals surface area contributed by atoms with Gasteiger partial charge in [0.2, 0.25) is 0 Å². The van der Waals surface area contributed by atoms with Gasteiger partial charge in [-0.3, -0.25) is 9.59 Å². The van der Waals surface area contributed by atoms with Crippen LogP contribution in [0.1, 0.15) is 17.3 Å². The molecule has 1 aliphatic rings. The summed E-state index contributed by atoms with van der Waals surface area (Å²) in [5, 5.41) is 0. The molecule has 0 saturated heterocycles. The highest BCUT2D eigenvalue weighted by atomic mass is 35.5. The summed E-state index contributed by atoms with van der Waals surface area (Å²) in [5.74, 6) is -3.91. The van der Waals surface area contributed by atoms with Gasteiger partial charge >= 0.3 is 0 Å². The van der Waals surface area contributed by atoms with Crippen LogP contribution in [-0.2, 0) is 4.79 Å². The predicted octanol–water partition coefficient (Wildman–Crippen LogP) is 2.64. The maximum atomic E-state index is 13.2. The molecule has 1 aliphatic heterocycles. The molecule has 6 heteroatoms. The van der Waals surface area contributed by atoms with Gasteiger partial charge in [-0.1, -0.05) is 11.6 Å². The molecule has 0 saturated carbocycles. The van der Waals surface area contributed by atoms with Crippen LogP contribution < -0.4 is 4.90 Å². The highest BCUT2D eigenvalue weighted by Gasteiger charge is 2.36. The standard InChI is InChI=1S/C12H8ClF2NO2/c1-6(4-13)5-16-10-3-9(15)8(14)2-7(10)11(17)12(16)18/h2-4H,5H2,1H3/b6-4-. The number of ketones is 1. The molecular formula is C12H8ClF2NO2. The Morgan fingerprint density at radius 1 is 1.33 bits per heavy atom. The van der Waals surface area contributed by atoms with Gasteiger partial charge in [-0.05, 0) is 18.6 Å². The molecule has 0 spiro atoms. The Morgan fingerprint density at radius 2 is 1.94 bits per heavy atom. The van der Waals surface area contributed by atoms with E-state index in [1.165, 1.54) is 5.54 Å². The molecule has 1 aromatic rings. The van der Waals surface area contributed by atoms with Gasteiger partial charge in [0, 0.05) is 18.1 Å². The largest absolute Gasteiger partial charge is 0.301 e. The van der Waals surface area contributed by atoms with Crippen LogP contribution in [0.25, 0.3) is 0 Å². The van der Waals surface area contributed by atoms with Crippen molar-refractivity contribution in [2.45, 2.75) is 6.92 Å². The fourth-order valence-electron chi connectivity index (χ4n) is 1.73. The van der Waals surface area contributed by atoms with E-state index in [1.54, 1.807) is 6.92 Å². The lowest BCUT2D eigenvalue weighted by molar-refractivity contribution is -0.114. The molecule has 0 unspecified atom stereocenters. The molecule has 0 N–H and O–H groups in total. The zero-order chi connectivity index (χ0) is 13.4. The van der Waals surface area contributed by atoms with Crippen LogP contribution in [0.15, 0.2) is 23.2 Å². The molecule has 0 fully saturated rings. The number of carbonyl (C=O) groups excluding carboxylic acids is 2. The number of rotatable bonds is 2. The number of carbonyl (C=O) groups is 2. The average Bonchev–Trinajstić information content (AvgIpc) is 2.56. The van der Waals surface area contributed by atoms with Crippen molar-refractivity contribution in [1.29, 1.82) is 0 Å². The third-order valence-electron chi connectivity index (χ3n) is 2.61. The first-order valence-corrected chi connectivity index (χ1v) is 5.50. The van der Waals surface area contributed by atoms with Crippen LogP contribution in [0, 0.1) is 11.6 Å². The maximum absolute atomic E-state index is 13.2. The SMILES string of the molecule is C/C(=C/Cl)CN1C(=O)C(=O)c2cc(F)c(F)cc21. The number of hydrogen-bond acceptors (Lipinski definition) is 2. The predicted molar refractivity (Wildman–Crippen MR) is 62.7 cm³/mol. The monoisotopic (exact) mass is 271 g/mol. The Morgan fingerprint density at radius 3 is 2.56 bits per heavy atom. The van der Waals surface area contributed by atoms with Gasteiger partial charge in [-0.2, -0.15) is 0 Å². The lowest BCUT2D eigenvalue weighted by Gasteiger charge is -2.16. The molecule has 94 valence electrons. The number of benzene rings is 1. The van der Waals surface area contributed by atoms with Gasteiger partial charge in [0.15, 0.2) is 11.6 Å². The number of halogens is 3. The number of amides is 1. The summed E-state index contributed by atoms with van der Waals surface area (Å²) in [6, 6.07) is 1.58. The minimum atomic E-state index is -1.15. The van der Waals surface area contributed by atoms with E-state index >= 15 is 0 Å². The average molecular weight is 272 g/mol. The summed E-state index contributed by atoms with van der Waals surface area (Å²) in [6.07, 6.45) is 0. The second-order valence-corrected chi connectivity index (χ2v) is 4.18. The summed E-state index contributed by atoms with van der Waals surface area (Å²) in [7, 11) is 0. The second-order valence-electron chi connectivity index (χ2n) is 3.96. The van der Waals surface area contributed by atoms with Crippen molar-refractivity contribution in [3.8, 4) is 0 Å². The van der Waals surface area contributed by atoms with E-state index in [4.69, 9.17) is 11.6 Å². The number of hydrogen-bond donors (Lipinski definition) is 0. The third kappa shape index (κ3) is 1.90. The Labute approximate surface area is 107 Å². The zero-order valence-corrected chi connectivity index (χ0v) is 10.1. The molecule has 18 heavy (non-hydrogen) atoms. The fraction of sp³-hybridized carbons (Fsp3) is 0.167. The van der Waals surface area contributed by atoms with E-state index in [1.807, 2.05) is 0 Å². The Hall–Kier alpha value is -1.75. The van der Waals surface area contributed by atoms with E-state index in [0.717, 1.165) is 17.0 Å². The van der Waals surface area contributed by atoms with Crippen LogP contribution in [0.5, 0.6) is 0 Å². The van der Waals surface area contributed by atoms with Gasteiger partial charge in [-0.15, -0.1) is 0 Å². The van der Waals surface area contributed by atoms with Crippen molar-refractivity contribution in [3.63, 3.8) is 0 Å². The molecule has 0 aliphatic carbocycles. The van der Waals surface area contributed by atoms with Gasteiger partial charge in [0.25, 0.3) is 11.7 Å². The third-order valence-corrected chi connectivity index (χ3v) is 2.98. The van der Waals surface area contributed by atoms with Crippen LogP contribution >= 0.6 is 11.6 Å². The summed E-state index contributed by atoms with van der Waals surface area (Å²) in [4.78, 5) is 24.4. The smallest absolute Gasteiger partial charge is 0.299 e. The Balaban J connectivity index is 2.51. The topological polar surface area (TPSA) is 37.4 Å². The van der Waals surface area contributed by atoms with Gasteiger partial charge in [0.05, 0.1) is 11.3 Å². The highest BCUT2D eigenvalue weighted by molar-refractivity contribution is 6.52. The molecule has 0 aromatic heterocycles. The summed E-state index contributed by atoms with van der Waals surface area (Å²) >= 11 is 5.48. The normalized spacial score (nSPS) is 15.3. The summed E-state index contributed by atoms with van der Waals surface area (Å²) in [6.45, 7) is 1.72. The Kier molecular flexibility index (Phi) is 3.17. The van der Waals surface area contributed by atoms with Crippen molar-refractivity contribution in [2.75, 3.05) is 11.4 Å². The van der Waals surface area contributed by atoms with E-state index in [-0.39, 0.29) is 17.8 Å². The fourth-order valence-corrected chi connectivity index (χ4v) is 1.80. The van der Waals surface area contributed by atoms with Crippen LogP contribution in [0.2, 0.25) is 0 Å². The highest BCUT2D eigenvalue weighted by Crippen LogP contribution is 2.31. The first-order valence-electron chi connectivity index (χ1n) is 5.06. The molecular weight excluding hydrogens is 264 g/mol. The van der Waals surface area contributed by atoms with Crippen molar-refractivity contribution in [2.24, 2.45) is 0 Å². The number of Topliss-reactive ketones (excluding diaryl/α,β-unsaturated/α-hetero) is 1. The number of nitrogens with zero attached hydrogens (tertiary/aromatic N) is 1. The summed E-state index contributed by atoms with van der Waals surface area (Å²) in [5.41, 5.74) is 1.83. The van der Waals surface area contributed by atoms with E-state index in [9.17, 15) is 18.4 Å². The van der Waals surface area contributed by atoms with Crippen LogP contribution in [0.3, 0.4) is 0 Å². The van der Waals surface area contributed by atoms with Crippen LogP contribution in [-0.4, -0.2) is 18.2 Å². The second kappa shape index (κ2) is 4.49. The van der Waals surface area contributed by atoms with E-state index in [0.29, 0.717) is 5.57 Å². The lowest BCUT2D eigenvalue weighted by Crippen LogP contribution is -2.31. The first kappa shape index (κ1) is 12.7. The van der Waals surface area contributed by atoms with Gasteiger partial charge in [-0.25, -0.2) is 8.78 Å². The molecule has 1 amide bonds. The zero-order valence-electron chi connectivity index (χ0n) is 9.34.